The quantitative estimate of drug-likeness (QED) is 0.750. The summed E-state index contributed by atoms with van der Waals surface area (Å²) < 4.78 is 0. The largest absolute Gasteiger partial charge is 0.478 e. The first-order valence-electron chi connectivity index (χ1n) is 5.28. The van der Waals surface area contributed by atoms with Crippen molar-refractivity contribution in [2.75, 3.05) is 18.8 Å². The Morgan fingerprint density at radius 1 is 1.60 bits per heavy atom. The number of carbonyl (C=O) groups is 1. The van der Waals surface area contributed by atoms with Crippen LogP contribution in [0, 0.1) is 0 Å². The fraction of sp³-hybridized carbons (Fsp3) is 0.727. The van der Waals surface area contributed by atoms with E-state index < -0.39 is 5.97 Å². The number of rotatable bonds is 3. The SMILES string of the molecule is C/C(=C/CN1CCSC(C)C1C)C(=O)O. The highest BCUT2D eigenvalue weighted by atomic mass is 32.2. The molecule has 4 heteroatoms. The van der Waals surface area contributed by atoms with Crippen LogP contribution in [0.15, 0.2) is 11.6 Å². The van der Waals surface area contributed by atoms with Crippen molar-refractivity contribution in [2.45, 2.75) is 32.1 Å². The molecule has 0 saturated carbocycles. The fourth-order valence-corrected chi connectivity index (χ4v) is 2.76. The normalized spacial score (nSPS) is 29.1. The first-order chi connectivity index (χ1) is 7.02. The molecule has 1 heterocycles. The number of hydrogen-bond acceptors (Lipinski definition) is 3. The number of nitrogens with zero attached hydrogens (tertiary/aromatic N) is 1. The highest BCUT2D eigenvalue weighted by molar-refractivity contribution is 8.00. The van der Waals surface area contributed by atoms with Crippen LogP contribution in [-0.2, 0) is 4.79 Å². The van der Waals surface area contributed by atoms with Crippen LogP contribution in [-0.4, -0.2) is 46.1 Å². The van der Waals surface area contributed by atoms with E-state index in [1.54, 1.807) is 6.92 Å². The average Bonchev–Trinajstić information content (AvgIpc) is 2.19. The van der Waals surface area contributed by atoms with Crippen molar-refractivity contribution in [1.82, 2.24) is 4.90 Å². The lowest BCUT2D eigenvalue weighted by Crippen LogP contribution is -2.44. The minimum atomic E-state index is -0.818. The van der Waals surface area contributed by atoms with E-state index in [-0.39, 0.29) is 0 Å². The second-order valence-electron chi connectivity index (χ2n) is 4.00. The summed E-state index contributed by atoms with van der Waals surface area (Å²) in [4.78, 5) is 13.0. The topological polar surface area (TPSA) is 40.5 Å². The summed E-state index contributed by atoms with van der Waals surface area (Å²) in [5, 5.41) is 9.37. The molecule has 0 amide bonds. The molecule has 0 spiro atoms. The number of aliphatic carboxylic acids is 1. The molecule has 1 N–H and O–H groups in total. The Morgan fingerprint density at radius 2 is 2.27 bits per heavy atom. The van der Waals surface area contributed by atoms with Gasteiger partial charge >= 0.3 is 5.97 Å². The van der Waals surface area contributed by atoms with Crippen molar-refractivity contribution >= 4 is 17.7 Å². The molecule has 2 atom stereocenters. The Bertz CT molecular complexity index is 265. The lowest BCUT2D eigenvalue weighted by atomic mass is 10.2. The van der Waals surface area contributed by atoms with Gasteiger partial charge in [0.2, 0.25) is 0 Å². The standard InChI is InChI=1S/C11H19NO2S/c1-8(11(13)14)4-5-12-6-7-15-10(3)9(12)2/h4,9-10H,5-7H2,1-3H3,(H,13,14)/b8-4-. The molecule has 1 saturated heterocycles. The summed E-state index contributed by atoms with van der Waals surface area (Å²) in [6, 6.07) is 0.529. The molecule has 1 aliphatic rings. The molecular weight excluding hydrogens is 210 g/mol. The van der Waals surface area contributed by atoms with E-state index in [0.717, 1.165) is 18.8 Å². The number of carboxylic acids is 1. The summed E-state index contributed by atoms with van der Waals surface area (Å²) in [6.07, 6.45) is 1.81. The molecular formula is C11H19NO2S. The van der Waals surface area contributed by atoms with Gasteiger partial charge in [0.1, 0.15) is 0 Å². The van der Waals surface area contributed by atoms with Crippen LogP contribution in [0.1, 0.15) is 20.8 Å². The van der Waals surface area contributed by atoms with E-state index in [2.05, 4.69) is 18.7 Å². The van der Waals surface area contributed by atoms with Gasteiger partial charge in [0.05, 0.1) is 0 Å². The summed E-state index contributed by atoms with van der Waals surface area (Å²) in [7, 11) is 0. The first-order valence-corrected chi connectivity index (χ1v) is 6.33. The molecule has 1 fully saturated rings. The van der Waals surface area contributed by atoms with Gasteiger partial charge in [-0.25, -0.2) is 4.79 Å². The van der Waals surface area contributed by atoms with Crippen LogP contribution in [0.2, 0.25) is 0 Å². The van der Waals surface area contributed by atoms with Gasteiger partial charge in [0.25, 0.3) is 0 Å². The van der Waals surface area contributed by atoms with Crippen LogP contribution < -0.4 is 0 Å². The molecule has 15 heavy (non-hydrogen) atoms. The Kier molecular flexibility index (Phi) is 4.67. The second-order valence-corrected chi connectivity index (χ2v) is 5.49. The van der Waals surface area contributed by atoms with Crippen molar-refractivity contribution in [1.29, 1.82) is 0 Å². The Labute approximate surface area is 95.5 Å². The minimum Gasteiger partial charge on any atom is -0.478 e. The van der Waals surface area contributed by atoms with E-state index in [1.165, 1.54) is 0 Å². The van der Waals surface area contributed by atoms with Crippen molar-refractivity contribution < 1.29 is 9.90 Å². The summed E-state index contributed by atoms with van der Waals surface area (Å²) in [5.41, 5.74) is 0.438. The number of carboxylic acid groups (broad SMARTS) is 1. The molecule has 0 aromatic rings. The zero-order chi connectivity index (χ0) is 11.4. The predicted molar refractivity (Wildman–Crippen MR) is 64.3 cm³/mol. The fourth-order valence-electron chi connectivity index (χ4n) is 1.59. The van der Waals surface area contributed by atoms with Gasteiger partial charge in [-0.2, -0.15) is 11.8 Å². The first kappa shape index (κ1) is 12.6. The molecule has 1 aliphatic heterocycles. The van der Waals surface area contributed by atoms with Crippen LogP contribution in [0.4, 0.5) is 0 Å². The van der Waals surface area contributed by atoms with Crippen LogP contribution in [0.25, 0.3) is 0 Å². The number of thioether (sulfide) groups is 1. The summed E-state index contributed by atoms with van der Waals surface area (Å²) in [5.74, 6) is 0.327. The average molecular weight is 229 g/mol. The Morgan fingerprint density at radius 3 is 2.87 bits per heavy atom. The van der Waals surface area contributed by atoms with Gasteiger partial charge in [0, 0.05) is 35.7 Å². The van der Waals surface area contributed by atoms with Crippen molar-refractivity contribution in [2.24, 2.45) is 0 Å². The third-order valence-electron chi connectivity index (χ3n) is 2.98. The second kappa shape index (κ2) is 5.56. The lowest BCUT2D eigenvalue weighted by molar-refractivity contribution is -0.132. The zero-order valence-electron chi connectivity index (χ0n) is 9.56. The molecule has 0 aromatic heterocycles. The Hall–Kier alpha value is -0.480. The Balaban J connectivity index is 2.51. The van der Waals surface area contributed by atoms with E-state index in [9.17, 15) is 4.79 Å². The molecule has 86 valence electrons. The van der Waals surface area contributed by atoms with Crippen molar-refractivity contribution in [3.8, 4) is 0 Å². The van der Waals surface area contributed by atoms with Gasteiger partial charge in [0.15, 0.2) is 0 Å². The maximum absolute atomic E-state index is 10.6. The van der Waals surface area contributed by atoms with Gasteiger partial charge in [-0.3, -0.25) is 4.90 Å². The minimum absolute atomic E-state index is 0.438. The predicted octanol–water partition coefficient (Wildman–Crippen LogP) is 1.84. The van der Waals surface area contributed by atoms with E-state index >= 15 is 0 Å². The maximum atomic E-state index is 10.6. The van der Waals surface area contributed by atoms with Crippen LogP contribution in [0.3, 0.4) is 0 Å². The molecule has 0 aliphatic carbocycles. The summed E-state index contributed by atoms with van der Waals surface area (Å²) >= 11 is 1.99. The molecule has 0 bridgehead atoms. The van der Waals surface area contributed by atoms with Crippen molar-refractivity contribution in [3.05, 3.63) is 11.6 Å². The third-order valence-corrected chi connectivity index (χ3v) is 4.32. The smallest absolute Gasteiger partial charge is 0.330 e. The van der Waals surface area contributed by atoms with Gasteiger partial charge in [-0.1, -0.05) is 13.0 Å². The van der Waals surface area contributed by atoms with E-state index in [1.807, 2.05) is 17.8 Å². The van der Waals surface area contributed by atoms with Gasteiger partial charge in [-0.15, -0.1) is 0 Å². The van der Waals surface area contributed by atoms with Gasteiger partial charge in [-0.05, 0) is 13.8 Å². The highest BCUT2D eigenvalue weighted by Gasteiger charge is 2.24. The molecule has 3 nitrogen and oxygen atoms in total. The maximum Gasteiger partial charge on any atom is 0.330 e. The zero-order valence-corrected chi connectivity index (χ0v) is 10.4. The van der Waals surface area contributed by atoms with Crippen LogP contribution >= 0.6 is 11.8 Å². The van der Waals surface area contributed by atoms with E-state index in [4.69, 9.17) is 5.11 Å². The molecule has 0 radical (unpaired) electrons. The lowest BCUT2D eigenvalue weighted by Gasteiger charge is -2.36. The van der Waals surface area contributed by atoms with Crippen molar-refractivity contribution in [3.63, 3.8) is 0 Å². The highest BCUT2D eigenvalue weighted by Crippen LogP contribution is 2.23. The summed E-state index contributed by atoms with van der Waals surface area (Å²) in [6.45, 7) is 7.90. The van der Waals surface area contributed by atoms with Crippen LogP contribution in [0.5, 0.6) is 0 Å². The molecule has 0 aromatic carbocycles. The van der Waals surface area contributed by atoms with Gasteiger partial charge < -0.3 is 5.11 Å². The number of hydrogen-bond donors (Lipinski definition) is 1. The molecule has 1 rings (SSSR count). The monoisotopic (exact) mass is 229 g/mol. The molecule has 2 unspecified atom stereocenters. The van der Waals surface area contributed by atoms with E-state index in [0.29, 0.717) is 16.9 Å². The third kappa shape index (κ3) is 3.54.